The van der Waals surface area contributed by atoms with Gasteiger partial charge in [-0.15, -0.1) is 0 Å². The minimum atomic E-state index is -1.16. The predicted molar refractivity (Wildman–Crippen MR) is 192 cm³/mol. The lowest BCUT2D eigenvalue weighted by atomic mass is 9.99. The fourth-order valence-electron chi connectivity index (χ4n) is 5.02. The Morgan fingerprint density at radius 2 is 1.08 bits per heavy atom. The van der Waals surface area contributed by atoms with Gasteiger partial charge in [-0.2, -0.15) is 24.4 Å². The minimum absolute atomic E-state index is 0.0162. The number of amides is 6. The van der Waals surface area contributed by atoms with Gasteiger partial charge in [-0.05, 0) is 61.9 Å². The van der Waals surface area contributed by atoms with Gasteiger partial charge in [0.15, 0.2) is 5.96 Å². The van der Waals surface area contributed by atoms with Crippen LogP contribution in [0.1, 0.15) is 73.6 Å². The molecule has 48 heavy (non-hydrogen) atoms. The first-order chi connectivity index (χ1) is 22.5. The van der Waals surface area contributed by atoms with E-state index in [-0.39, 0.29) is 61.7 Å². The van der Waals surface area contributed by atoms with Crippen LogP contribution in [0.3, 0.4) is 0 Å². The maximum absolute atomic E-state index is 13.7. The van der Waals surface area contributed by atoms with Crippen LogP contribution >= 0.6 is 24.4 Å². The van der Waals surface area contributed by atoms with Gasteiger partial charge in [0.25, 0.3) is 0 Å². The van der Waals surface area contributed by atoms with Crippen LogP contribution in [0.25, 0.3) is 0 Å². The number of carbonyl (C=O) groups is 6. The van der Waals surface area contributed by atoms with Crippen molar-refractivity contribution in [2.45, 2.75) is 110 Å². The molecule has 6 atom stereocenters. The molecule has 274 valence electrons. The Morgan fingerprint density at radius 3 is 1.54 bits per heavy atom. The summed E-state index contributed by atoms with van der Waals surface area (Å²) in [5.41, 5.74) is 10.9. The van der Waals surface area contributed by atoms with Crippen molar-refractivity contribution in [3.63, 3.8) is 0 Å². The van der Waals surface area contributed by atoms with Gasteiger partial charge >= 0.3 is 0 Å². The Morgan fingerprint density at radius 1 is 0.667 bits per heavy atom. The molecule has 0 radical (unpaired) electrons. The molecule has 0 spiro atoms. The van der Waals surface area contributed by atoms with Crippen LogP contribution in [-0.2, 0) is 28.8 Å². The van der Waals surface area contributed by atoms with Gasteiger partial charge in [0, 0.05) is 12.3 Å². The fraction of sp³-hybridized carbons (Fsp3) is 0.774. The van der Waals surface area contributed by atoms with Crippen molar-refractivity contribution in [3.8, 4) is 0 Å². The number of nitrogens with one attached hydrogen (secondary N) is 6. The van der Waals surface area contributed by atoms with Crippen molar-refractivity contribution in [2.24, 2.45) is 34.2 Å². The van der Waals surface area contributed by atoms with Crippen LogP contribution in [0, 0.1) is 17.8 Å². The van der Waals surface area contributed by atoms with Crippen LogP contribution in [0.2, 0.25) is 0 Å². The summed E-state index contributed by atoms with van der Waals surface area (Å²) < 4.78 is 0. The van der Waals surface area contributed by atoms with Crippen molar-refractivity contribution < 1.29 is 28.8 Å². The average molecular weight is 716 g/mol. The van der Waals surface area contributed by atoms with Crippen LogP contribution in [-0.4, -0.2) is 102 Å². The normalized spacial score (nSPS) is 25.3. The molecule has 1 aliphatic heterocycles. The predicted octanol–water partition coefficient (Wildman–Crippen LogP) is -0.606. The first-order valence-corrected chi connectivity index (χ1v) is 18.5. The molecule has 1 heterocycles. The molecule has 0 aromatic heterocycles. The van der Waals surface area contributed by atoms with Gasteiger partial charge in [-0.3, -0.25) is 33.8 Å². The molecule has 0 aliphatic carbocycles. The van der Waals surface area contributed by atoms with E-state index < -0.39 is 71.7 Å². The maximum Gasteiger partial charge on any atom is 0.244 e. The summed E-state index contributed by atoms with van der Waals surface area (Å²) in [4.78, 5) is 85.5. The summed E-state index contributed by atoms with van der Waals surface area (Å²) in [5, 5.41) is 16.4. The Hall–Kier alpha value is -3.21. The van der Waals surface area contributed by atoms with E-state index in [4.69, 9.17) is 11.5 Å². The van der Waals surface area contributed by atoms with E-state index in [0.29, 0.717) is 12.2 Å². The van der Waals surface area contributed by atoms with Gasteiger partial charge in [-0.25, -0.2) is 0 Å². The van der Waals surface area contributed by atoms with E-state index in [1.807, 2.05) is 34.0 Å². The molecule has 1 fully saturated rings. The van der Waals surface area contributed by atoms with Gasteiger partial charge in [0.2, 0.25) is 35.4 Å². The number of thioether (sulfide) groups is 1. The molecule has 6 amide bonds. The Balaban J connectivity index is 3.67. The second-order valence-electron chi connectivity index (χ2n) is 13.2. The largest absolute Gasteiger partial charge is 0.370 e. The molecule has 17 heteroatoms. The number of thiol groups is 1. The monoisotopic (exact) mass is 715 g/mol. The highest BCUT2D eigenvalue weighted by Crippen LogP contribution is 2.12. The lowest BCUT2D eigenvalue weighted by Gasteiger charge is -2.30. The molecule has 1 rings (SSSR count). The van der Waals surface area contributed by atoms with Crippen molar-refractivity contribution >= 4 is 65.8 Å². The fourth-order valence-corrected chi connectivity index (χ4v) is 5.74. The highest BCUT2D eigenvalue weighted by Gasteiger charge is 2.35. The Bertz CT molecular complexity index is 1130. The molecule has 10 N–H and O–H groups in total. The van der Waals surface area contributed by atoms with Crippen molar-refractivity contribution in [2.75, 3.05) is 24.3 Å². The summed E-state index contributed by atoms with van der Waals surface area (Å²) in [7, 11) is 0. The van der Waals surface area contributed by atoms with Crippen LogP contribution in [0.4, 0.5) is 0 Å². The zero-order valence-electron chi connectivity index (χ0n) is 29.3. The van der Waals surface area contributed by atoms with E-state index in [1.165, 1.54) is 11.8 Å². The smallest absolute Gasteiger partial charge is 0.244 e. The number of hydrogen-bond acceptors (Lipinski definition) is 9. The second-order valence-corrected chi connectivity index (χ2v) is 14.6. The average Bonchev–Trinajstić information content (AvgIpc) is 2.99. The van der Waals surface area contributed by atoms with Gasteiger partial charge in [0.1, 0.15) is 36.3 Å². The summed E-state index contributed by atoms with van der Waals surface area (Å²) in [6.45, 7) is 11.2. The number of nitrogens with zero attached hydrogens (tertiary/aromatic N) is 1. The van der Waals surface area contributed by atoms with Gasteiger partial charge in [-0.1, -0.05) is 41.5 Å². The minimum Gasteiger partial charge on any atom is -0.370 e. The van der Waals surface area contributed by atoms with E-state index in [9.17, 15) is 28.8 Å². The summed E-state index contributed by atoms with van der Waals surface area (Å²) in [6.07, 6.45) is 3.04. The standard InChI is InChI=1S/C31H57N9O6S2/c1-16(2)13-21-27(43)36-20(10-12-48-7)26(42)40-24(18(5)6)30(46)38-22(14-17(3)4)28(44)39-23(15-47)29(45)35-19(25(41)37-21)9-8-11-34-31(32)33/h16-24,47H,8-15H2,1-7H3,(H,35,45)(H,36,43)(H,37,41)(H,38,46)(H,39,44)(H,40,42)(H4,32,33,34)/t19-,20-,21-,22-,23-,24-/m0/s1. The molecule has 0 saturated carbocycles. The highest BCUT2D eigenvalue weighted by molar-refractivity contribution is 7.98. The van der Waals surface area contributed by atoms with Crippen molar-refractivity contribution in [1.82, 2.24) is 31.9 Å². The topological polar surface area (TPSA) is 239 Å². The first kappa shape index (κ1) is 42.8. The van der Waals surface area contributed by atoms with E-state index in [2.05, 4.69) is 49.5 Å². The lowest BCUT2D eigenvalue weighted by molar-refractivity contribution is -0.137. The lowest BCUT2D eigenvalue weighted by Crippen LogP contribution is -2.62. The zero-order valence-corrected chi connectivity index (χ0v) is 31.0. The molecular formula is C31H57N9O6S2. The van der Waals surface area contributed by atoms with E-state index >= 15 is 0 Å². The van der Waals surface area contributed by atoms with Crippen molar-refractivity contribution in [3.05, 3.63) is 0 Å². The quantitative estimate of drug-likeness (QED) is 0.0511. The second kappa shape index (κ2) is 21.7. The Labute approximate surface area is 294 Å². The number of guanidine groups is 1. The molecular weight excluding hydrogens is 659 g/mol. The third-order valence-corrected chi connectivity index (χ3v) is 8.57. The summed E-state index contributed by atoms with van der Waals surface area (Å²) in [6, 6.07) is -6.40. The molecule has 15 nitrogen and oxygen atoms in total. The van der Waals surface area contributed by atoms with Crippen LogP contribution in [0.5, 0.6) is 0 Å². The van der Waals surface area contributed by atoms with Crippen molar-refractivity contribution in [1.29, 1.82) is 0 Å². The number of aliphatic imine (C=N–C) groups is 1. The summed E-state index contributed by atoms with van der Waals surface area (Å²) in [5.74, 6) is -3.74. The van der Waals surface area contributed by atoms with Gasteiger partial charge < -0.3 is 43.4 Å². The molecule has 0 bridgehead atoms. The molecule has 0 aromatic rings. The molecule has 1 saturated heterocycles. The third-order valence-electron chi connectivity index (χ3n) is 7.56. The number of nitrogens with two attached hydrogens (primary N) is 2. The Kier molecular flexibility index (Phi) is 19.4. The number of hydrogen-bond donors (Lipinski definition) is 9. The SMILES string of the molecule is CSCC[C@@H]1NC(=O)[C@H](CC(C)C)NC(=O)[C@H](CCCN=C(N)N)NC(=O)[C@H](CS)NC(=O)[C@H](CC(C)C)NC(=O)[C@H](C(C)C)NC1=O. The molecule has 1 aliphatic rings. The third kappa shape index (κ3) is 15.3. The highest BCUT2D eigenvalue weighted by atomic mass is 32.2. The first-order valence-electron chi connectivity index (χ1n) is 16.5. The van der Waals surface area contributed by atoms with E-state index in [1.54, 1.807) is 13.8 Å². The van der Waals surface area contributed by atoms with E-state index in [0.717, 1.165) is 0 Å². The zero-order chi connectivity index (χ0) is 36.6. The van der Waals surface area contributed by atoms with Gasteiger partial charge in [0.05, 0.1) is 0 Å². The number of carbonyl (C=O) groups excluding carboxylic acids is 6. The molecule has 0 aromatic carbocycles. The van der Waals surface area contributed by atoms with Crippen LogP contribution in [0.15, 0.2) is 4.99 Å². The summed E-state index contributed by atoms with van der Waals surface area (Å²) >= 11 is 5.75. The maximum atomic E-state index is 13.7. The van der Waals surface area contributed by atoms with Crippen LogP contribution < -0.4 is 43.4 Å². The molecule has 0 unspecified atom stereocenters. The number of rotatable bonds is 13.